The van der Waals surface area contributed by atoms with E-state index in [1.807, 2.05) is 50.2 Å². The van der Waals surface area contributed by atoms with Crippen LogP contribution >= 0.6 is 11.3 Å². The number of nitrogens with zero attached hydrogens (tertiary/aromatic N) is 2. The summed E-state index contributed by atoms with van der Waals surface area (Å²) in [6.07, 6.45) is 0. The molecule has 1 saturated heterocycles. The number of methoxy groups -OCH3 is 1. The molecule has 7 nitrogen and oxygen atoms in total. The van der Waals surface area contributed by atoms with Crippen LogP contribution < -0.4 is 14.4 Å². The quantitative estimate of drug-likeness (QED) is 0.209. The maximum atomic E-state index is 13.4. The fraction of sp³-hybridized carbons (Fsp3) is 0.179. The smallest absolute Gasteiger partial charge is 0.301 e. The Balaban J connectivity index is 1.71. The van der Waals surface area contributed by atoms with Crippen molar-refractivity contribution in [2.45, 2.75) is 19.9 Å². The molecule has 1 amide bonds. The molecule has 0 saturated carbocycles. The minimum atomic E-state index is -0.880. The van der Waals surface area contributed by atoms with E-state index in [9.17, 15) is 14.7 Å². The van der Waals surface area contributed by atoms with E-state index in [1.54, 1.807) is 37.4 Å². The van der Waals surface area contributed by atoms with Crippen LogP contribution in [0.1, 0.15) is 29.7 Å². The molecule has 1 N–H and O–H groups in total. The van der Waals surface area contributed by atoms with E-state index in [-0.39, 0.29) is 11.3 Å². The molecule has 1 aliphatic heterocycles. The number of benzene rings is 3. The zero-order chi connectivity index (χ0) is 25.4. The Hall–Kier alpha value is -4.17. The van der Waals surface area contributed by atoms with Crippen molar-refractivity contribution >= 4 is 44.1 Å². The van der Waals surface area contributed by atoms with Gasteiger partial charge in [0.25, 0.3) is 5.78 Å². The van der Waals surface area contributed by atoms with Crippen molar-refractivity contribution < 1.29 is 24.2 Å². The van der Waals surface area contributed by atoms with Crippen molar-refractivity contribution in [2.75, 3.05) is 18.6 Å². The molecular weight excluding hydrogens is 476 g/mol. The third-order valence-corrected chi connectivity index (χ3v) is 7.06. The molecule has 2 heterocycles. The number of carbonyl (C=O) groups is 2. The van der Waals surface area contributed by atoms with Gasteiger partial charge in [0.15, 0.2) is 5.13 Å². The summed E-state index contributed by atoms with van der Waals surface area (Å²) < 4.78 is 11.8. The number of hydrogen-bond donors (Lipinski definition) is 1. The molecule has 8 heteroatoms. The SMILES string of the molecule is CCOc1cccc(C2C(=C(O)c3ccc(C)cc3)C(=O)C(=O)N2c2nc3ccc(OC)cc3s2)c1. The first-order chi connectivity index (χ1) is 17.4. The lowest BCUT2D eigenvalue weighted by Gasteiger charge is -2.23. The monoisotopic (exact) mass is 500 g/mol. The number of aryl methyl sites for hydroxylation is 1. The average Bonchev–Trinajstić information content (AvgIpc) is 3.42. The standard InChI is InChI=1S/C28H24N2O5S/c1-4-35-20-7-5-6-18(14-20)24-23(25(31)17-10-8-16(2)9-11-17)26(32)27(33)30(24)28-29-21-13-12-19(34-3)15-22(21)36-28/h5-15,24,31H,4H2,1-3H3. The van der Waals surface area contributed by atoms with Gasteiger partial charge >= 0.3 is 5.91 Å². The number of Topliss-reactive ketones (excluding diaryl/α,β-unsaturated/α-hetero) is 1. The molecule has 0 aliphatic carbocycles. The van der Waals surface area contributed by atoms with Gasteiger partial charge in [-0.25, -0.2) is 4.98 Å². The van der Waals surface area contributed by atoms with Crippen LogP contribution in [-0.2, 0) is 9.59 Å². The Kier molecular flexibility index (Phi) is 6.20. The van der Waals surface area contributed by atoms with Crippen LogP contribution in [0.5, 0.6) is 11.5 Å². The zero-order valence-electron chi connectivity index (χ0n) is 20.0. The normalized spacial score (nSPS) is 17.1. The first-order valence-corrected chi connectivity index (χ1v) is 12.3. The Morgan fingerprint density at radius 3 is 2.56 bits per heavy atom. The van der Waals surface area contributed by atoms with Crippen molar-refractivity contribution in [3.8, 4) is 11.5 Å². The van der Waals surface area contributed by atoms with Gasteiger partial charge in [0.05, 0.1) is 35.5 Å². The number of rotatable bonds is 6. The van der Waals surface area contributed by atoms with Gasteiger partial charge in [0.1, 0.15) is 17.3 Å². The van der Waals surface area contributed by atoms with Crippen LogP contribution in [0.2, 0.25) is 0 Å². The first-order valence-electron chi connectivity index (χ1n) is 11.5. The summed E-state index contributed by atoms with van der Waals surface area (Å²) in [5.41, 5.74) is 2.79. The van der Waals surface area contributed by atoms with Gasteiger partial charge in [-0.3, -0.25) is 14.5 Å². The maximum Gasteiger partial charge on any atom is 0.301 e. The fourth-order valence-corrected chi connectivity index (χ4v) is 5.30. The van der Waals surface area contributed by atoms with E-state index in [4.69, 9.17) is 9.47 Å². The zero-order valence-corrected chi connectivity index (χ0v) is 20.8. The van der Waals surface area contributed by atoms with Crippen molar-refractivity contribution in [3.63, 3.8) is 0 Å². The highest BCUT2D eigenvalue weighted by molar-refractivity contribution is 7.22. The van der Waals surface area contributed by atoms with Gasteiger partial charge in [-0.15, -0.1) is 0 Å². The fourth-order valence-electron chi connectivity index (χ4n) is 4.28. The van der Waals surface area contributed by atoms with Gasteiger partial charge in [-0.05, 0) is 49.7 Å². The second-order valence-electron chi connectivity index (χ2n) is 8.37. The Labute approximate surface area is 212 Å². The number of aliphatic hydroxyl groups excluding tert-OH is 1. The summed E-state index contributed by atoms with van der Waals surface area (Å²) in [7, 11) is 1.58. The van der Waals surface area contributed by atoms with Gasteiger partial charge in [0.2, 0.25) is 0 Å². The summed E-state index contributed by atoms with van der Waals surface area (Å²) in [5, 5.41) is 11.6. The molecule has 1 aromatic heterocycles. The molecular formula is C28H24N2O5S. The molecule has 0 spiro atoms. The second kappa shape index (κ2) is 9.47. The summed E-state index contributed by atoms with van der Waals surface area (Å²) in [4.78, 5) is 32.9. The third kappa shape index (κ3) is 4.09. The summed E-state index contributed by atoms with van der Waals surface area (Å²) in [6, 6.07) is 18.9. The summed E-state index contributed by atoms with van der Waals surface area (Å²) in [5.74, 6) is -0.478. The molecule has 3 aromatic carbocycles. The number of fused-ring (bicyclic) bond motifs is 1. The van der Waals surface area contributed by atoms with Crippen molar-refractivity contribution in [1.82, 2.24) is 4.98 Å². The molecule has 1 unspecified atom stereocenters. The largest absolute Gasteiger partial charge is 0.507 e. The van der Waals surface area contributed by atoms with Gasteiger partial charge < -0.3 is 14.6 Å². The predicted octanol–water partition coefficient (Wildman–Crippen LogP) is 5.64. The van der Waals surface area contributed by atoms with E-state index in [0.717, 1.165) is 10.3 Å². The Morgan fingerprint density at radius 1 is 1.06 bits per heavy atom. The number of thiazole rings is 1. The first kappa shape index (κ1) is 23.6. The number of amides is 1. The van der Waals surface area contributed by atoms with E-state index in [1.165, 1.54) is 16.2 Å². The lowest BCUT2D eigenvalue weighted by Crippen LogP contribution is -2.29. The van der Waals surface area contributed by atoms with Crippen molar-refractivity contribution in [2.24, 2.45) is 0 Å². The molecule has 1 aliphatic rings. The highest BCUT2D eigenvalue weighted by Gasteiger charge is 2.48. The minimum absolute atomic E-state index is 0.00865. The number of ketones is 1. The van der Waals surface area contributed by atoms with Gasteiger partial charge in [0, 0.05) is 5.56 Å². The van der Waals surface area contributed by atoms with E-state index in [0.29, 0.717) is 39.9 Å². The Bertz CT molecular complexity index is 1510. The highest BCUT2D eigenvalue weighted by atomic mass is 32.1. The van der Waals surface area contributed by atoms with Crippen LogP contribution in [0, 0.1) is 6.92 Å². The van der Waals surface area contributed by atoms with Crippen molar-refractivity contribution in [3.05, 3.63) is 89.0 Å². The van der Waals surface area contributed by atoms with Crippen LogP contribution in [0.4, 0.5) is 5.13 Å². The third-order valence-electron chi connectivity index (χ3n) is 6.04. The Morgan fingerprint density at radius 2 is 1.83 bits per heavy atom. The molecule has 5 rings (SSSR count). The summed E-state index contributed by atoms with van der Waals surface area (Å²) in [6.45, 7) is 4.28. The molecule has 182 valence electrons. The number of aliphatic hydroxyl groups is 1. The number of anilines is 1. The molecule has 1 fully saturated rings. The molecule has 4 aromatic rings. The topological polar surface area (TPSA) is 89.0 Å². The van der Waals surface area contributed by atoms with Crippen molar-refractivity contribution in [1.29, 1.82) is 0 Å². The molecule has 0 bridgehead atoms. The minimum Gasteiger partial charge on any atom is -0.507 e. The van der Waals surface area contributed by atoms with Crippen LogP contribution in [0.15, 0.2) is 72.3 Å². The average molecular weight is 501 g/mol. The van der Waals surface area contributed by atoms with Gasteiger partial charge in [-0.1, -0.05) is 53.3 Å². The van der Waals surface area contributed by atoms with Gasteiger partial charge in [-0.2, -0.15) is 0 Å². The maximum absolute atomic E-state index is 13.4. The lowest BCUT2D eigenvalue weighted by atomic mass is 9.95. The predicted molar refractivity (Wildman–Crippen MR) is 140 cm³/mol. The number of carbonyl (C=O) groups excluding carboxylic acids is 2. The number of hydrogen-bond acceptors (Lipinski definition) is 7. The van der Waals surface area contributed by atoms with Crippen LogP contribution in [-0.4, -0.2) is 35.5 Å². The number of aromatic nitrogens is 1. The highest BCUT2D eigenvalue weighted by Crippen LogP contribution is 2.45. The number of ether oxygens (including phenoxy) is 2. The second-order valence-corrected chi connectivity index (χ2v) is 9.38. The van der Waals surface area contributed by atoms with E-state index >= 15 is 0 Å². The van der Waals surface area contributed by atoms with Crippen LogP contribution in [0.25, 0.3) is 16.0 Å². The van der Waals surface area contributed by atoms with Crippen LogP contribution in [0.3, 0.4) is 0 Å². The molecule has 1 atom stereocenters. The summed E-state index contributed by atoms with van der Waals surface area (Å²) >= 11 is 1.28. The molecule has 0 radical (unpaired) electrons. The van der Waals surface area contributed by atoms with E-state index in [2.05, 4.69) is 4.98 Å². The molecule has 36 heavy (non-hydrogen) atoms. The van der Waals surface area contributed by atoms with E-state index < -0.39 is 17.7 Å². The lowest BCUT2D eigenvalue weighted by molar-refractivity contribution is -0.132.